The zero-order chi connectivity index (χ0) is 20.0. The highest BCUT2D eigenvalue weighted by atomic mass is 35.5. The van der Waals surface area contributed by atoms with Crippen LogP contribution in [0.15, 0.2) is 36.1 Å². The highest BCUT2D eigenvalue weighted by Crippen LogP contribution is 2.43. The summed E-state index contributed by atoms with van der Waals surface area (Å²) in [7, 11) is 0. The largest absolute Gasteiger partial charge is 0.477 e. The predicted molar refractivity (Wildman–Crippen MR) is 110 cm³/mol. The van der Waals surface area contributed by atoms with E-state index in [0.29, 0.717) is 28.8 Å². The molecule has 1 fully saturated rings. The van der Waals surface area contributed by atoms with Crippen LogP contribution in [0.3, 0.4) is 0 Å². The number of hydrogen-bond acceptors (Lipinski definition) is 5. The summed E-state index contributed by atoms with van der Waals surface area (Å²) >= 11 is 5.94. The monoisotopic (exact) mass is 411 g/mol. The molecule has 6 heteroatoms. The minimum atomic E-state index is -0.0999. The summed E-state index contributed by atoms with van der Waals surface area (Å²) in [4.78, 5) is 15.2. The number of ether oxygens (including phenoxy) is 3. The molecule has 150 valence electrons. The summed E-state index contributed by atoms with van der Waals surface area (Å²) in [5.41, 5.74) is 3.37. The average molecular weight is 412 g/mol. The van der Waals surface area contributed by atoms with Crippen LogP contribution in [0.1, 0.15) is 39.9 Å². The van der Waals surface area contributed by atoms with E-state index in [2.05, 4.69) is 4.90 Å². The normalized spacial score (nSPS) is 22.3. The number of nitrogens with zero attached hydrogens (tertiary/aromatic N) is 1. The fourth-order valence-corrected chi connectivity index (χ4v) is 4.33. The van der Waals surface area contributed by atoms with Crippen LogP contribution in [0.5, 0.6) is 11.5 Å². The molecule has 0 radical (unpaired) electrons. The Morgan fingerprint density at radius 3 is 2.83 bits per heavy atom. The van der Waals surface area contributed by atoms with Crippen molar-refractivity contribution in [2.45, 2.75) is 32.4 Å². The van der Waals surface area contributed by atoms with Gasteiger partial charge in [0, 0.05) is 35.8 Å². The van der Waals surface area contributed by atoms with Gasteiger partial charge in [0.05, 0.1) is 11.7 Å². The number of carbonyl (C=O) groups is 1. The summed E-state index contributed by atoms with van der Waals surface area (Å²) < 4.78 is 17.7. The molecule has 2 aromatic rings. The van der Waals surface area contributed by atoms with Crippen LogP contribution in [-0.4, -0.2) is 36.7 Å². The highest BCUT2D eigenvalue weighted by molar-refractivity contribution is 6.30. The third-order valence-corrected chi connectivity index (χ3v) is 5.91. The fraction of sp³-hybridized carbons (Fsp3) is 0.348. The van der Waals surface area contributed by atoms with Gasteiger partial charge >= 0.3 is 0 Å². The summed E-state index contributed by atoms with van der Waals surface area (Å²) in [5.74, 6) is 1.65. The molecule has 0 spiro atoms. The standard InChI is InChI=1S/C23H22ClNO4/c1-14-22-16(11-25(13-28-22)12-18-3-2-8-27-18)10-19-21(26)20(29-23(14)19)9-15-4-6-17(24)7-5-15/h4-7,9-10,18H,2-3,8,11-13H2,1H3/b20-9-. The SMILES string of the molecule is Cc1c2c(cc3c1O/C(=C\c1ccc(Cl)cc1)C3=O)CN(CC1CCCO1)CO2. The van der Waals surface area contributed by atoms with Gasteiger partial charge in [-0.1, -0.05) is 23.7 Å². The average Bonchev–Trinajstić information content (AvgIpc) is 3.33. The lowest BCUT2D eigenvalue weighted by Gasteiger charge is -2.31. The van der Waals surface area contributed by atoms with Crippen molar-refractivity contribution in [1.82, 2.24) is 4.90 Å². The summed E-state index contributed by atoms with van der Waals surface area (Å²) in [6, 6.07) is 9.23. The molecule has 5 rings (SSSR count). The second kappa shape index (κ2) is 7.48. The first kappa shape index (κ1) is 18.7. The molecule has 3 aliphatic rings. The van der Waals surface area contributed by atoms with Gasteiger partial charge in [0.2, 0.25) is 5.78 Å². The third-order valence-electron chi connectivity index (χ3n) is 5.66. The molecular weight excluding hydrogens is 390 g/mol. The summed E-state index contributed by atoms with van der Waals surface area (Å²) in [6.07, 6.45) is 4.24. The number of fused-ring (bicyclic) bond motifs is 2. The minimum absolute atomic E-state index is 0.0999. The zero-order valence-corrected chi connectivity index (χ0v) is 17.0. The maximum absolute atomic E-state index is 13.0. The number of allylic oxidation sites excluding steroid dienone is 1. The van der Waals surface area contributed by atoms with Gasteiger partial charge < -0.3 is 14.2 Å². The third kappa shape index (κ3) is 3.54. The van der Waals surface area contributed by atoms with Crippen LogP contribution < -0.4 is 9.47 Å². The molecule has 29 heavy (non-hydrogen) atoms. The second-order valence-electron chi connectivity index (χ2n) is 7.78. The Morgan fingerprint density at radius 2 is 2.07 bits per heavy atom. The first-order valence-electron chi connectivity index (χ1n) is 9.91. The van der Waals surface area contributed by atoms with E-state index in [9.17, 15) is 4.79 Å². The van der Waals surface area contributed by atoms with E-state index in [-0.39, 0.29) is 11.9 Å². The number of rotatable bonds is 3. The van der Waals surface area contributed by atoms with E-state index in [1.165, 1.54) is 0 Å². The smallest absolute Gasteiger partial charge is 0.231 e. The van der Waals surface area contributed by atoms with Gasteiger partial charge in [-0.15, -0.1) is 0 Å². The number of carbonyl (C=O) groups excluding carboxylic acids is 1. The molecule has 1 unspecified atom stereocenters. The lowest BCUT2D eigenvalue weighted by atomic mass is 10.00. The van der Waals surface area contributed by atoms with Crippen molar-refractivity contribution in [2.75, 3.05) is 19.9 Å². The van der Waals surface area contributed by atoms with Crippen molar-refractivity contribution in [2.24, 2.45) is 0 Å². The van der Waals surface area contributed by atoms with Crippen molar-refractivity contribution in [3.05, 3.63) is 63.4 Å². The molecule has 0 aromatic heterocycles. The van der Waals surface area contributed by atoms with E-state index >= 15 is 0 Å². The quantitative estimate of drug-likeness (QED) is 0.691. The van der Waals surface area contributed by atoms with Gasteiger partial charge in [0.1, 0.15) is 18.2 Å². The topological polar surface area (TPSA) is 48.0 Å². The molecule has 1 saturated heterocycles. The van der Waals surface area contributed by atoms with Crippen molar-refractivity contribution < 1.29 is 19.0 Å². The van der Waals surface area contributed by atoms with Gasteiger partial charge in [0.15, 0.2) is 5.76 Å². The van der Waals surface area contributed by atoms with Crippen molar-refractivity contribution in [3.8, 4) is 11.5 Å². The molecule has 0 N–H and O–H groups in total. The predicted octanol–water partition coefficient (Wildman–Crippen LogP) is 4.60. The fourth-order valence-electron chi connectivity index (χ4n) is 4.20. The lowest BCUT2D eigenvalue weighted by Crippen LogP contribution is -2.37. The first-order valence-corrected chi connectivity index (χ1v) is 10.3. The Balaban J connectivity index is 1.41. The van der Waals surface area contributed by atoms with E-state index in [1.54, 1.807) is 18.2 Å². The molecule has 3 heterocycles. The molecule has 0 amide bonds. The summed E-state index contributed by atoms with van der Waals surface area (Å²) in [6.45, 7) is 4.91. The van der Waals surface area contributed by atoms with Gasteiger partial charge in [0.25, 0.3) is 0 Å². The molecule has 1 atom stereocenters. The van der Waals surface area contributed by atoms with Gasteiger partial charge in [-0.25, -0.2) is 0 Å². The molecular formula is C23H22ClNO4. The molecule has 0 aliphatic carbocycles. The Kier molecular flexibility index (Phi) is 4.82. The van der Waals surface area contributed by atoms with Crippen molar-refractivity contribution in [3.63, 3.8) is 0 Å². The Labute approximate surface area is 174 Å². The molecule has 5 nitrogen and oxygen atoms in total. The van der Waals surface area contributed by atoms with Crippen molar-refractivity contribution >= 4 is 23.5 Å². The van der Waals surface area contributed by atoms with E-state index in [1.807, 2.05) is 25.1 Å². The number of benzene rings is 2. The van der Waals surface area contributed by atoms with Crippen LogP contribution >= 0.6 is 11.6 Å². The van der Waals surface area contributed by atoms with Crippen LogP contribution in [0.2, 0.25) is 5.02 Å². The highest BCUT2D eigenvalue weighted by Gasteiger charge is 2.34. The van der Waals surface area contributed by atoms with E-state index < -0.39 is 0 Å². The van der Waals surface area contributed by atoms with Crippen molar-refractivity contribution in [1.29, 1.82) is 0 Å². The molecule has 3 aliphatic heterocycles. The van der Waals surface area contributed by atoms with Crippen LogP contribution in [0, 0.1) is 6.92 Å². The summed E-state index contributed by atoms with van der Waals surface area (Å²) in [5, 5.41) is 0.655. The number of Topliss-reactive ketones (excluding diaryl/α,β-unsaturated/α-hetero) is 1. The first-order chi connectivity index (χ1) is 14.1. The number of ketones is 1. The lowest BCUT2D eigenvalue weighted by molar-refractivity contribution is 0.0276. The minimum Gasteiger partial charge on any atom is -0.477 e. The number of hydrogen-bond donors (Lipinski definition) is 0. The van der Waals surface area contributed by atoms with Crippen LogP contribution in [0.4, 0.5) is 0 Å². The van der Waals surface area contributed by atoms with Gasteiger partial charge in [-0.2, -0.15) is 0 Å². The van der Waals surface area contributed by atoms with E-state index in [0.717, 1.165) is 55.0 Å². The number of halogens is 1. The Bertz CT molecular complexity index is 993. The second-order valence-corrected chi connectivity index (χ2v) is 8.21. The van der Waals surface area contributed by atoms with Crippen LogP contribution in [-0.2, 0) is 11.3 Å². The molecule has 0 saturated carbocycles. The maximum atomic E-state index is 13.0. The Morgan fingerprint density at radius 1 is 1.24 bits per heavy atom. The van der Waals surface area contributed by atoms with Crippen LogP contribution in [0.25, 0.3) is 6.08 Å². The van der Waals surface area contributed by atoms with E-state index in [4.69, 9.17) is 25.8 Å². The van der Waals surface area contributed by atoms with Gasteiger partial charge in [-0.05, 0) is 49.6 Å². The molecule has 0 bridgehead atoms. The van der Waals surface area contributed by atoms with Gasteiger partial charge in [-0.3, -0.25) is 9.69 Å². The Hall–Kier alpha value is -2.34. The molecule has 2 aromatic carbocycles. The zero-order valence-electron chi connectivity index (χ0n) is 16.2. The maximum Gasteiger partial charge on any atom is 0.231 e.